The van der Waals surface area contributed by atoms with Gasteiger partial charge in [0.1, 0.15) is 0 Å². The van der Waals surface area contributed by atoms with Crippen LogP contribution >= 0.6 is 11.8 Å². The Kier molecular flexibility index (Phi) is 4.45. The number of thioether (sulfide) groups is 1. The summed E-state index contributed by atoms with van der Waals surface area (Å²) >= 11 is 1.93. The van der Waals surface area contributed by atoms with Crippen molar-refractivity contribution in [3.05, 3.63) is 11.7 Å². The highest BCUT2D eigenvalue weighted by atomic mass is 32.2. The van der Waals surface area contributed by atoms with Crippen molar-refractivity contribution in [1.29, 1.82) is 0 Å². The number of nitrogens with zero attached hydrogens (tertiary/aromatic N) is 2. The predicted molar refractivity (Wildman–Crippen MR) is 69.7 cm³/mol. The SMILES string of the molecule is CC(C)C[C@@H](N)c1nc(C2CCCCS2)no1. The topological polar surface area (TPSA) is 64.9 Å². The summed E-state index contributed by atoms with van der Waals surface area (Å²) in [6.45, 7) is 4.29. The fraction of sp³-hybridized carbons (Fsp3) is 0.833. The Bertz CT molecular complexity index is 347. The van der Waals surface area contributed by atoms with Gasteiger partial charge in [0.25, 0.3) is 0 Å². The highest BCUT2D eigenvalue weighted by Gasteiger charge is 2.23. The number of hydrogen-bond donors (Lipinski definition) is 1. The van der Waals surface area contributed by atoms with Crippen LogP contribution in [0.3, 0.4) is 0 Å². The van der Waals surface area contributed by atoms with Crippen molar-refractivity contribution < 1.29 is 4.52 Å². The number of nitrogens with two attached hydrogens (primary N) is 1. The van der Waals surface area contributed by atoms with Gasteiger partial charge in [-0.1, -0.05) is 25.4 Å². The van der Waals surface area contributed by atoms with Crippen LogP contribution in [0.2, 0.25) is 0 Å². The molecule has 1 aliphatic heterocycles. The summed E-state index contributed by atoms with van der Waals surface area (Å²) in [5.74, 6) is 3.18. The minimum absolute atomic E-state index is 0.121. The van der Waals surface area contributed by atoms with Gasteiger partial charge in [-0.05, 0) is 30.9 Å². The molecule has 1 unspecified atom stereocenters. The lowest BCUT2D eigenvalue weighted by atomic mass is 10.0. The molecule has 1 saturated heterocycles. The summed E-state index contributed by atoms with van der Waals surface area (Å²) in [7, 11) is 0. The van der Waals surface area contributed by atoms with Gasteiger partial charge in [-0.25, -0.2) is 0 Å². The minimum atomic E-state index is -0.121. The standard InChI is InChI=1S/C12H21N3OS/c1-8(2)7-9(13)12-14-11(15-16-12)10-5-3-4-6-17-10/h8-10H,3-7,13H2,1-2H3/t9-,10?/m1/s1. The van der Waals surface area contributed by atoms with Crippen molar-refractivity contribution in [2.75, 3.05) is 5.75 Å². The zero-order chi connectivity index (χ0) is 12.3. The maximum absolute atomic E-state index is 6.04. The van der Waals surface area contributed by atoms with Crippen LogP contribution in [0.15, 0.2) is 4.52 Å². The van der Waals surface area contributed by atoms with E-state index in [0.717, 1.165) is 18.7 Å². The third-order valence-corrected chi connectivity index (χ3v) is 4.34. The van der Waals surface area contributed by atoms with Gasteiger partial charge in [-0.3, -0.25) is 0 Å². The van der Waals surface area contributed by atoms with Crippen LogP contribution in [0.25, 0.3) is 0 Å². The monoisotopic (exact) mass is 255 g/mol. The van der Waals surface area contributed by atoms with Gasteiger partial charge in [0.2, 0.25) is 5.89 Å². The third-order valence-electron chi connectivity index (χ3n) is 2.97. The van der Waals surface area contributed by atoms with E-state index in [4.69, 9.17) is 10.3 Å². The van der Waals surface area contributed by atoms with Gasteiger partial charge in [0, 0.05) is 0 Å². The summed E-state index contributed by atoms with van der Waals surface area (Å²) in [5, 5.41) is 4.49. The molecule has 0 aliphatic carbocycles. The van der Waals surface area contributed by atoms with Crippen molar-refractivity contribution in [3.63, 3.8) is 0 Å². The summed E-state index contributed by atoms with van der Waals surface area (Å²) < 4.78 is 5.28. The molecule has 1 fully saturated rings. The lowest BCUT2D eigenvalue weighted by Crippen LogP contribution is -2.13. The van der Waals surface area contributed by atoms with Crippen LogP contribution in [0, 0.1) is 5.92 Å². The molecule has 1 aliphatic rings. The Labute approximate surface area is 107 Å². The molecule has 4 nitrogen and oxygen atoms in total. The van der Waals surface area contributed by atoms with Crippen molar-refractivity contribution in [2.45, 2.75) is 50.8 Å². The molecule has 2 N–H and O–H groups in total. The fourth-order valence-corrected chi connectivity index (χ4v) is 3.32. The van der Waals surface area contributed by atoms with Gasteiger partial charge in [0.05, 0.1) is 11.3 Å². The molecule has 5 heteroatoms. The summed E-state index contributed by atoms with van der Waals surface area (Å²) in [5.41, 5.74) is 6.04. The van der Waals surface area contributed by atoms with E-state index in [9.17, 15) is 0 Å². The van der Waals surface area contributed by atoms with E-state index < -0.39 is 0 Å². The third kappa shape index (κ3) is 3.45. The summed E-state index contributed by atoms with van der Waals surface area (Å²) in [6, 6.07) is -0.121. The first kappa shape index (κ1) is 12.9. The van der Waals surface area contributed by atoms with Crippen LogP contribution in [0.5, 0.6) is 0 Å². The molecule has 2 atom stereocenters. The van der Waals surface area contributed by atoms with E-state index in [1.165, 1.54) is 18.6 Å². The highest BCUT2D eigenvalue weighted by Crippen LogP contribution is 2.37. The minimum Gasteiger partial charge on any atom is -0.338 e. The van der Waals surface area contributed by atoms with Gasteiger partial charge in [0.15, 0.2) is 5.82 Å². The van der Waals surface area contributed by atoms with Crippen molar-refractivity contribution in [3.8, 4) is 0 Å². The second-order valence-electron chi connectivity index (χ2n) is 5.08. The Morgan fingerprint density at radius 1 is 1.47 bits per heavy atom. The molecule has 17 heavy (non-hydrogen) atoms. The van der Waals surface area contributed by atoms with Crippen LogP contribution in [-0.2, 0) is 0 Å². The number of rotatable bonds is 4. The molecular weight excluding hydrogens is 234 g/mol. The normalized spacial score (nSPS) is 22.9. The smallest absolute Gasteiger partial charge is 0.243 e. The van der Waals surface area contributed by atoms with Gasteiger partial charge >= 0.3 is 0 Å². The van der Waals surface area contributed by atoms with Crippen molar-refractivity contribution in [2.24, 2.45) is 11.7 Å². The Balaban J connectivity index is 1.99. The molecule has 0 saturated carbocycles. The molecular formula is C12H21N3OS. The average molecular weight is 255 g/mol. The molecule has 0 amide bonds. The maximum Gasteiger partial charge on any atom is 0.243 e. The molecule has 2 heterocycles. The van der Waals surface area contributed by atoms with Gasteiger partial charge in [-0.2, -0.15) is 16.7 Å². The predicted octanol–water partition coefficient (Wildman–Crippen LogP) is 3.07. The number of hydrogen-bond acceptors (Lipinski definition) is 5. The largest absolute Gasteiger partial charge is 0.338 e. The second kappa shape index (κ2) is 5.87. The van der Waals surface area contributed by atoms with E-state index in [1.807, 2.05) is 11.8 Å². The van der Waals surface area contributed by atoms with Gasteiger partial charge in [-0.15, -0.1) is 0 Å². The second-order valence-corrected chi connectivity index (χ2v) is 6.39. The van der Waals surface area contributed by atoms with E-state index in [0.29, 0.717) is 17.1 Å². The first-order valence-electron chi connectivity index (χ1n) is 6.37. The van der Waals surface area contributed by atoms with Crippen LogP contribution < -0.4 is 5.73 Å². The zero-order valence-corrected chi connectivity index (χ0v) is 11.4. The molecule has 1 aromatic heterocycles. The van der Waals surface area contributed by atoms with Crippen molar-refractivity contribution >= 4 is 11.8 Å². The Morgan fingerprint density at radius 3 is 2.94 bits per heavy atom. The van der Waals surface area contributed by atoms with E-state index >= 15 is 0 Å². The van der Waals surface area contributed by atoms with Crippen LogP contribution in [0.4, 0.5) is 0 Å². The molecule has 2 rings (SSSR count). The van der Waals surface area contributed by atoms with Gasteiger partial charge < -0.3 is 10.3 Å². The van der Waals surface area contributed by atoms with E-state index in [2.05, 4.69) is 24.0 Å². The Hall–Kier alpha value is -0.550. The molecule has 0 radical (unpaired) electrons. The summed E-state index contributed by atoms with van der Waals surface area (Å²) in [6.07, 6.45) is 4.61. The van der Waals surface area contributed by atoms with E-state index in [-0.39, 0.29) is 6.04 Å². The molecule has 96 valence electrons. The lowest BCUT2D eigenvalue weighted by Gasteiger charge is -2.17. The first-order valence-corrected chi connectivity index (χ1v) is 7.42. The fourth-order valence-electron chi connectivity index (χ4n) is 2.08. The molecule has 0 bridgehead atoms. The maximum atomic E-state index is 6.04. The van der Waals surface area contributed by atoms with Crippen LogP contribution in [-0.4, -0.2) is 15.9 Å². The quantitative estimate of drug-likeness (QED) is 0.895. The average Bonchev–Trinajstić information content (AvgIpc) is 2.78. The Morgan fingerprint density at radius 2 is 2.29 bits per heavy atom. The summed E-state index contributed by atoms with van der Waals surface area (Å²) in [4.78, 5) is 4.46. The van der Waals surface area contributed by atoms with E-state index in [1.54, 1.807) is 0 Å². The number of aromatic nitrogens is 2. The lowest BCUT2D eigenvalue weighted by molar-refractivity contribution is 0.332. The molecule has 0 aromatic carbocycles. The zero-order valence-electron chi connectivity index (χ0n) is 10.6. The van der Waals surface area contributed by atoms with Crippen molar-refractivity contribution in [1.82, 2.24) is 10.1 Å². The first-order chi connectivity index (χ1) is 8.16. The van der Waals surface area contributed by atoms with Crippen LogP contribution in [0.1, 0.15) is 62.5 Å². The molecule has 1 aromatic rings. The molecule has 0 spiro atoms. The highest BCUT2D eigenvalue weighted by molar-refractivity contribution is 7.99.